The number of aliphatic carboxylic acids is 1. The van der Waals surface area contributed by atoms with Gasteiger partial charge in [-0.25, -0.2) is 0 Å². The van der Waals surface area contributed by atoms with E-state index in [0.717, 1.165) is 6.42 Å². The number of carboxylic acid groups (broad SMARTS) is 1. The Hall–Kier alpha value is -1.96. The Morgan fingerprint density at radius 1 is 1.48 bits per heavy atom. The predicted molar refractivity (Wildman–Crippen MR) is 73.0 cm³/mol. The maximum Gasteiger partial charge on any atom is 0.323 e. The van der Waals surface area contributed by atoms with Crippen molar-refractivity contribution < 1.29 is 24.3 Å². The number of rotatable bonds is 6. The van der Waals surface area contributed by atoms with Crippen LogP contribution < -0.4 is 11.1 Å². The number of hydrogen-bond donors (Lipinski definition) is 3. The highest BCUT2D eigenvalue weighted by Crippen LogP contribution is 2.14. The quantitative estimate of drug-likeness (QED) is 0.544. The monoisotopic (exact) mass is 299 g/mol. The molecule has 0 saturated carbocycles. The zero-order chi connectivity index (χ0) is 16.2. The van der Waals surface area contributed by atoms with E-state index in [0.29, 0.717) is 4.90 Å². The van der Waals surface area contributed by atoms with Gasteiger partial charge in [0.2, 0.25) is 11.8 Å². The zero-order valence-electron chi connectivity index (χ0n) is 12.2. The van der Waals surface area contributed by atoms with E-state index in [1.807, 2.05) is 13.8 Å². The van der Waals surface area contributed by atoms with E-state index >= 15 is 0 Å². The second-order valence-corrected chi connectivity index (χ2v) is 5.22. The minimum atomic E-state index is -1.28. The van der Waals surface area contributed by atoms with Crippen molar-refractivity contribution in [1.29, 1.82) is 0 Å². The second-order valence-electron chi connectivity index (χ2n) is 5.22. The van der Waals surface area contributed by atoms with Crippen molar-refractivity contribution in [3.63, 3.8) is 0 Å². The van der Waals surface area contributed by atoms with Gasteiger partial charge in [-0.1, -0.05) is 20.3 Å². The summed E-state index contributed by atoms with van der Waals surface area (Å²) in [5.74, 6) is -3.02. The molecule has 0 aromatic heterocycles. The summed E-state index contributed by atoms with van der Waals surface area (Å²) in [5.41, 5.74) is 5.78. The molecule has 3 atom stereocenters. The molecule has 0 unspecified atom stereocenters. The number of nitrogens with one attached hydrogen (secondary N) is 1. The number of carbonyl (C=O) groups excluding carboxylic acids is 3. The molecule has 8 heteroatoms. The van der Waals surface area contributed by atoms with Crippen LogP contribution in [0.3, 0.4) is 0 Å². The van der Waals surface area contributed by atoms with E-state index in [2.05, 4.69) is 5.32 Å². The van der Waals surface area contributed by atoms with Gasteiger partial charge in [0.15, 0.2) is 0 Å². The van der Waals surface area contributed by atoms with E-state index in [1.165, 1.54) is 0 Å². The van der Waals surface area contributed by atoms with E-state index in [4.69, 9.17) is 10.8 Å². The number of amides is 3. The molecule has 1 fully saturated rings. The van der Waals surface area contributed by atoms with Crippen LogP contribution in [0.5, 0.6) is 0 Å². The van der Waals surface area contributed by atoms with E-state index in [1.54, 1.807) is 0 Å². The maximum absolute atomic E-state index is 12.1. The van der Waals surface area contributed by atoms with Crippen molar-refractivity contribution in [2.45, 2.75) is 45.2 Å². The van der Waals surface area contributed by atoms with Crippen molar-refractivity contribution in [2.24, 2.45) is 11.7 Å². The van der Waals surface area contributed by atoms with Crippen LogP contribution in [0.4, 0.5) is 0 Å². The number of likely N-dealkylation sites (tertiary alicyclic amines) is 1. The van der Waals surface area contributed by atoms with Gasteiger partial charge in [-0.3, -0.25) is 24.1 Å². The Morgan fingerprint density at radius 2 is 2.10 bits per heavy atom. The normalized spacial score (nSPS) is 21.9. The molecule has 0 aromatic carbocycles. The molecule has 3 amide bonds. The highest BCUT2D eigenvalue weighted by molar-refractivity contribution is 6.03. The third-order valence-electron chi connectivity index (χ3n) is 3.68. The van der Waals surface area contributed by atoms with Crippen LogP contribution in [0.1, 0.15) is 33.1 Å². The van der Waals surface area contributed by atoms with Crippen LogP contribution in [0, 0.1) is 5.92 Å². The van der Waals surface area contributed by atoms with Crippen molar-refractivity contribution in [1.82, 2.24) is 10.2 Å². The summed E-state index contributed by atoms with van der Waals surface area (Å²) in [4.78, 5) is 46.9. The molecule has 1 aliphatic heterocycles. The molecule has 0 spiro atoms. The first-order valence-electron chi connectivity index (χ1n) is 6.89. The van der Waals surface area contributed by atoms with Crippen LogP contribution in [0.25, 0.3) is 0 Å². The predicted octanol–water partition coefficient (Wildman–Crippen LogP) is -0.922. The number of imide groups is 1. The highest BCUT2D eigenvalue weighted by Gasteiger charge is 2.37. The molecule has 0 aromatic rings. The number of nitrogens with two attached hydrogens (primary N) is 1. The molecule has 4 N–H and O–H groups in total. The number of carbonyl (C=O) groups is 4. The van der Waals surface area contributed by atoms with Crippen LogP contribution in [-0.4, -0.2) is 52.3 Å². The Kier molecular flexibility index (Phi) is 5.83. The lowest BCUT2D eigenvalue weighted by Crippen LogP contribution is -2.58. The van der Waals surface area contributed by atoms with Crippen molar-refractivity contribution in [3.8, 4) is 0 Å². The molecular weight excluding hydrogens is 278 g/mol. The Labute approximate surface area is 122 Å². The summed E-state index contributed by atoms with van der Waals surface area (Å²) in [6.45, 7) is 3.03. The average Bonchev–Trinajstić information content (AvgIpc) is 2.44. The first-order chi connectivity index (χ1) is 9.77. The molecule has 21 heavy (non-hydrogen) atoms. The molecule has 1 heterocycles. The van der Waals surface area contributed by atoms with Gasteiger partial charge in [-0.2, -0.15) is 0 Å². The molecule has 0 radical (unpaired) electrons. The maximum atomic E-state index is 12.1. The van der Waals surface area contributed by atoms with E-state index in [9.17, 15) is 19.2 Å². The molecule has 0 bridgehead atoms. The lowest BCUT2D eigenvalue weighted by Gasteiger charge is -2.31. The summed E-state index contributed by atoms with van der Waals surface area (Å²) >= 11 is 0. The van der Waals surface area contributed by atoms with E-state index < -0.39 is 42.3 Å². The molecule has 118 valence electrons. The van der Waals surface area contributed by atoms with Gasteiger partial charge in [-0.15, -0.1) is 0 Å². The summed E-state index contributed by atoms with van der Waals surface area (Å²) in [6, 6.07) is -1.64. The second kappa shape index (κ2) is 7.16. The average molecular weight is 299 g/mol. The summed E-state index contributed by atoms with van der Waals surface area (Å²) in [5, 5.41) is 11.2. The van der Waals surface area contributed by atoms with Crippen LogP contribution in [0.15, 0.2) is 0 Å². The van der Waals surface area contributed by atoms with Gasteiger partial charge >= 0.3 is 5.97 Å². The SMILES string of the molecule is CC[C@@H](C)[C@H](N)C(=O)N[C@H]1CCC(=O)N(CC(=O)O)C1=O. The Balaban J connectivity index is 2.71. The van der Waals surface area contributed by atoms with Crippen LogP contribution in [0.2, 0.25) is 0 Å². The fourth-order valence-electron chi connectivity index (χ4n) is 2.05. The molecular formula is C13H21N3O5. The topological polar surface area (TPSA) is 130 Å². The molecule has 1 saturated heterocycles. The summed E-state index contributed by atoms with van der Waals surface area (Å²) in [7, 11) is 0. The first kappa shape index (κ1) is 17.1. The van der Waals surface area contributed by atoms with Crippen molar-refractivity contribution in [2.75, 3.05) is 6.54 Å². The Morgan fingerprint density at radius 3 is 2.62 bits per heavy atom. The van der Waals surface area contributed by atoms with Crippen LogP contribution in [-0.2, 0) is 19.2 Å². The minimum Gasteiger partial charge on any atom is -0.480 e. The van der Waals surface area contributed by atoms with Gasteiger partial charge in [0.05, 0.1) is 6.04 Å². The fraction of sp³-hybridized carbons (Fsp3) is 0.692. The molecule has 1 aliphatic rings. The minimum absolute atomic E-state index is 0.0164. The lowest BCUT2D eigenvalue weighted by molar-refractivity contribution is -0.157. The zero-order valence-corrected chi connectivity index (χ0v) is 12.2. The summed E-state index contributed by atoms with van der Waals surface area (Å²) in [6.07, 6.45) is 0.895. The third kappa shape index (κ3) is 4.25. The van der Waals surface area contributed by atoms with Gasteiger partial charge in [0.25, 0.3) is 5.91 Å². The van der Waals surface area contributed by atoms with Gasteiger partial charge in [-0.05, 0) is 12.3 Å². The number of carboxylic acids is 1. The van der Waals surface area contributed by atoms with Crippen molar-refractivity contribution in [3.05, 3.63) is 0 Å². The molecule has 1 rings (SSSR count). The Bertz CT molecular complexity index is 451. The van der Waals surface area contributed by atoms with Gasteiger partial charge in [0.1, 0.15) is 12.6 Å². The standard InChI is InChI=1S/C13H21N3O5/c1-3-7(2)11(14)12(20)15-8-4-5-9(17)16(13(8)21)6-10(18)19/h7-8,11H,3-6,14H2,1-2H3,(H,15,20)(H,18,19)/t7-,8+,11+/m1/s1. The third-order valence-corrected chi connectivity index (χ3v) is 3.68. The lowest BCUT2D eigenvalue weighted by atomic mass is 9.98. The molecule has 0 aliphatic carbocycles. The number of hydrogen-bond acceptors (Lipinski definition) is 5. The number of piperidine rings is 1. The number of nitrogens with zero attached hydrogens (tertiary/aromatic N) is 1. The smallest absolute Gasteiger partial charge is 0.323 e. The van der Waals surface area contributed by atoms with Crippen molar-refractivity contribution >= 4 is 23.7 Å². The van der Waals surface area contributed by atoms with Crippen LogP contribution >= 0.6 is 0 Å². The highest BCUT2D eigenvalue weighted by atomic mass is 16.4. The first-order valence-corrected chi connectivity index (χ1v) is 6.89. The summed E-state index contributed by atoms with van der Waals surface area (Å²) < 4.78 is 0. The fourth-order valence-corrected chi connectivity index (χ4v) is 2.05. The molecule has 8 nitrogen and oxygen atoms in total. The van der Waals surface area contributed by atoms with Gasteiger partial charge in [0, 0.05) is 6.42 Å². The largest absolute Gasteiger partial charge is 0.480 e. The van der Waals surface area contributed by atoms with Gasteiger partial charge < -0.3 is 16.2 Å². The van der Waals surface area contributed by atoms with E-state index in [-0.39, 0.29) is 18.8 Å².